The molecule has 1 aliphatic carbocycles. The Morgan fingerprint density at radius 3 is 2.68 bits per heavy atom. The fraction of sp³-hybridized carbons (Fsp3) is 0.714. The first kappa shape index (κ1) is 20.7. The molecule has 2 unspecified atom stereocenters. The van der Waals surface area contributed by atoms with E-state index in [4.69, 9.17) is 9.15 Å². The van der Waals surface area contributed by atoms with Crippen LogP contribution in [0.5, 0.6) is 0 Å². The number of ether oxygens (including phenoxy) is 1. The predicted octanol–water partition coefficient (Wildman–Crippen LogP) is 2.91. The van der Waals surface area contributed by atoms with E-state index in [1.165, 1.54) is 19.3 Å². The Morgan fingerprint density at radius 1 is 1.18 bits per heavy atom. The molecule has 7 nitrogen and oxygen atoms in total. The maximum absolute atomic E-state index is 12.3. The highest BCUT2D eigenvalue weighted by Crippen LogP contribution is 2.26. The summed E-state index contributed by atoms with van der Waals surface area (Å²) in [6.45, 7) is 4.96. The van der Waals surface area contributed by atoms with E-state index in [1.807, 2.05) is 6.07 Å². The number of carbonyl (C=O) groups excluding carboxylic acids is 2. The Labute approximate surface area is 167 Å². The fourth-order valence-electron chi connectivity index (χ4n) is 4.09. The minimum Gasteiger partial charge on any atom is -0.467 e. The number of furan rings is 1. The van der Waals surface area contributed by atoms with Crippen LogP contribution in [0.1, 0.15) is 51.2 Å². The predicted molar refractivity (Wildman–Crippen MR) is 106 cm³/mol. The normalized spacial score (nSPS) is 23.4. The Morgan fingerprint density at radius 2 is 1.96 bits per heavy atom. The summed E-state index contributed by atoms with van der Waals surface area (Å²) in [4.78, 5) is 26.4. The lowest BCUT2D eigenvalue weighted by Gasteiger charge is -2.31. The van der Waals surface area contributed by atoms with Crippen LogP contribution in [-0.4, -0.2) is 49.2 Å². The Balaban J connectivity index is 1.28. The molecule has 2 atom stereocenters. The number of amides is 3. The highest BCUT2D eigenvalue weighted by atomic mass is 16.5. The van der Waals surface area contributed by atoms with Crippen molar-refractivity contribution < 1.29 is 18.7 Å². The third-order valence-corrected chi connectivity index (χ3v) is 5.91. The average molecular weight is 392 g/mol. The molecule has 0 radical (unpaired) electrons. The molecular weight excluding hydrogens is 358 g/mol. The number of carbonyl (C=O) groups is 2. The van der Waals surface area contributed by atoms with E-state index in [-0.39, 0.29) is 17.9 Å². The van der Waals surface area contributed by atoms with Crippen molar-refractivity contribution in [3.8, 4) is 0 Å². The van der Waals surface area contributed by atoms with Crippen molar-refractivity contribution in [2.75, 3.05) is 26.2 Å². The average Bonchev–Trinajstić information content (AvgIpc) is 3.24. The van der Waals surface area contributed by atoms with Crippen molar-refractivity contribution >= 4 is 11.9 Å². The second-order valence-corrected chi connectivity index (χ2v) is 7.96. The van der Waals surface area contributed by atoms with Crippen LogP contribution in [0, 0.1) is 11.8 Å². The molecule has 2 N–H and O–H groups in total. The molecule has 0 spiro atoms. The summed E-state index contributed by atoms with van der Waals surface area (Å²) in [5.74, 6) is 1.35. The van der Waals surface area contributed by atoms with E-state index in [0.717, 1.165) is 12.2 Å². The van der Waals surface area contributed by atoms with E-state index >= 15 is 0 Å². The summed E-state index contributed by atoms with van der Waals surface area (Å²) in [6.07, 6.45) is 8.22. The number of hydrogen-bond donors (Lipinski definition) is 2. The summed E-state index contributed by atoms with van der Waals surface area (Å²) in [5.41, 5.74) is 0. The quantitative estimate of drug-likeness (QED) is 0.700. The van der Waals surface area contributed by atoms with Crippen molar-refractivity contribution in [2.24, 2.45) is 11.8 Å². The van der Waals surface area contributed by atoms with Gasteiger partial charge in [-0.25, -0.2) is 4.79 Å². The molecule has 28 heavy (non-hydrogen) atoms. The number of urea groups is 1. The molecule has 1 aromatic heterocycles. The van der Waals surface area contributed by atoms with Crippen LogP contribution in [0.4, 0.5) is 4.79 Å². The van der Waals surface area contributed by atoms with E-state index in [1.54, 1.807) is 17.2 Å². The van der Waals surface area contributed by atoms with Crippen molar-refractivity contribution in [1.29, 1.82) is 0 Å². The molecule has 1 saturated heterocycles. The van der Waals surface area contributed by atoms with Gasteiger partial charge in [-0.2, -0.15) is 0 Å². The molecular formula is C21H33N3O4. The molecule has 2 heterocycles. The first-order valence-corrected chi connectivity index (χ1v) is 10.6. The fourth-order valence-corrected chi connectivity index (χ4v) is 4.09. The monoisotopic (exact) mass is 391 g/mol. The van der Waals surface area contributed by atoms with Crippen LogP contribution in [0.2, 0.25) is 0 Å². The van der Waals surface area contributed by atoms with Gasteiger partial charge in [0.1, 0.15) is 5.76 Å². The number of likely N-dealkylation sites (tertiary alicyclic amines) is 1. The third kappa shape index (κ3) is 5.99. The van der Waals surface area contributed by atoms with Crippen LogP contribution >= 0.6 is 0 Å². The zero-order chi connectivity index (χ0) is 19.8. The molecule has 3 rings (SSSR count). The zero-order valence-electron chi connectivity index (χ0n) is 16.8. The van der Waals surface area contributed by atoms with Gasteiger partial charge in [0.2, 0.25) is 5.91 Å². The molecule has 3 amide bonds. The number of hydrogen-bond acceptors (Lipinski definition) is 4. The molecule has 2 fully saturated rings. The number of nitrogens with zero attached hydrogens (tertiary/aromatic N) is 1. The lowest BCUT2D eigenvalue weighted by Crippen LogP contribution is -2.47. The van der Waals surface area contributed by atoms with E-state index < -0.39 is 0 Å². The maximum atomic E-state index is 12.3. The smallest absolute Gasteiger partial charge is 0.317 e. The second-order valence-electron chi connectivity index (χ2n) is 7.96. The van der Waals surface area contributed by atoms with Crippen LogP contribution in [0.25, 0.3) is 0 Å². The molecule has 2 aliphatic rings. The standard InChI is InChI=1S/C21H33N3O4/c1-16-5-2-3-7-19(16)28-14-10-22-21(26)24-11-8-17(9-12-24)20(25)23-15-18-6-4-13-27-18/h4,6,13,16-17,19H,2-3,5,7-12,14-15H2,1H3,(H,22,26)(H,23,25). The SMILES string of the molecule is CC1CCCCC1OCCNC(=O)N1CCC(C(=O)NCc2ccco2)CC1. The minimum atomic E-state index is -0.0604. The Hall–Kier alpha value is -2.02. The van der Waals surface area contributed by atoms with Crippen molar-refractivity contribution in [1.82, 2.24) is 15.5 Å². The lowest BCUT2D eigenvalue weighted by atomic mass is 9.88. The number of piperidine rings is 1. The van der Waals surface area contributed by atoms with Crippen LogP contribution in [0.3, 0.4) is 0 Å². The van der Waals surface area contributed by atoms with Gasteiger partial charge in [0.25, 0.3) is 0 Å². The van der Waals surface area contributed by atoms with Gasteiger partial charge in [0.15, 0.2) is 0 Å². The van der Waals surface area contributed by atoms with E-state index in [0.29, 0.717) is 57.6 Å². The number of rotatable bonds is 7. The number of nitrogens with one attached hydrogen (secondary N) is 2. The van der Waals surface area contributed by atoms with Crippen molar-refractivity contribution in [2.45, 2.75) is 58.1 Å². The van der Waals surface area contributed by atoms with Crippen molar-refractivity contribution in [3.63, 3.8) is 0 Å². The van der Waals surface area contributed by atoms with Gasteiger partial charge in [-0.15, -0.1) is 0 Å². The summed E-state index contributed by atoms with van der Waals surface area (Å²) in [6, 6.07) is 3.58. The van der Waals surface area contributed by atoms with Crippen molar-refractivity contribution in [3.05, 3.63) is 24.2 Å². The van der Waals surface area contributed by atoms with Gasteiger partial charge in [-0.3, -0.25) is 4.79 Å². The van der Waals surface area contributed by atoms with Crippen LogP contribution < -0.4 is 10.6 Å². The van der Waals surface area contributed by atoms with Gasteiger partial charge < -0.3 is 24.7 Å². The third-order valence-electron chi connectivity index (χ3n) is 5.91. The largest absolute Gasteiger partial charge is 0.467 e. The van der Waals surface area contributed by atoms with Gasteiger partial charge in [0.05, 0.1) is 25.5 Å². The summed E-state index contributed by atoms with van der Waals surface area (Å²) in [7, 11) is 0. The molecule has 1 aromatic rings. The molecule has 0 aromatic carbocycles. The van der Waals surface area contributed by atoms with E-state index in [2.05, 4.69) is 17.6 Å². The minimum absolute atomic E-state index is 0.0338. The summed E-state index contributed by atoms with van der Waals surface area (Å²) < 4.78 is 11.2. The summed E-state index contributed by atoms with van der Waals surface area (Å²) >= 11 is 0. The second kappa shape index (κ2) is 10.5. The van der Waals surface area contributed by atoms with Gasteiger partial charge in [-0.05, 0) is 43.7 Å². The maximum Gasteiger partial charge on any atom is 0.317 e. The molecule has 0 bridgehead atoms. The first-order valence-electron chi connectivity index (χ1n) is 10.6. The topological polar surface area (TPSA) is 83.8 Å². The van der Waals surface area contributed by atoms with Gasteiger partial charge in [0, 0.05) is 25.6 Å². The Bertz CT molecular complexity index is 611. The van der Waals surface area contributed by atoms with Crippen LogP contribution in [0.15, 0.2) is 22.8 Å². The lowest BCUT2D eigenvalue weighted by molar-refractivity contribution is -0.126. The van der Waals surface area contributed by atoms with Gasteiger partial charge in [-0.1, -0.05) is 19.8 Å². The molecule has 1 saturated carbocycles. The van der Waals surface area contributed by atoms with Crippen LogP contribution in [-0.2, 0) is 16.1 Å². The first-order chi connectivity index (χ1) is 13.6. The molecule has 1 aliphatic heterocycles. The van der Waals surface area contributed by atoms with E-state index in [9.17, 15) is 9.59 Å². The summed E-state index contributed by atoms with van der Waals surface area (Å²) in [5, 5.41) is 5.85. The Kier molecular flexibility index (Phi) is 7.77. The highest BCUT2D eigenvalue weighted by molar-refractivity contribution is 5.79. The molecule has 156 valence electrons. The zero-order valence-corrected chi connectivity index (χ0v) is 16.8. The highest BCUT2D eigenvalue weighted by Gasteiger charge is 2.27. The molecule has 7 heteroatoms. The van der Waals surface area contributed by atoms with Gasteiger partial charge >= 0.3 is 6.03 Å².